The topological polar surface area (TPSA) is 133 Å². The number of para-hydroxylation sites is 1. The van der Waals surface area contributed by atoms with E-state index in [4.69, 9.17) is 33.7 Å². The zero-order chi connectivity index (χ0) is 23.5. The molecule has 0 aliphatic rings. The van der Waals surface area contributed by atoms with Crippen molar-refractivity contribution in [2.24, 2.45) is 0 Å². The minimum Gasteiger partial charge on any atom is -0.462 e. The fourth-order valence-electron chi connectivity index (χ4n) is 2.82. The summed E-state index contributed by atoms with van der Waals surface area (Å²) in [5.74, 6) is -1.99. The number of nitrogens with one attached hydrogen (secondary N) is 1. The van der Waals surface area contributed by atoms with Crippen molar-refractivity contribution in [2.75, 3.05) is 17.7 Å². The van der Waals surface area contributed by atoms with E-state index < -0.39 is 44.0 Å². The zero-order valence-corrected chi connectivity index (χ0v) is 19.0. The zero-order valence-electron chi connectivity index (χ0n) is 16.7. The van der Waals surface area contributed by atoms with Gasteiger partial charge >= 0.3 is 12.0 Å². The van der Waals surface area contributed by atoms with Crippen molar-refractivity contribution >= 4 is 56.5 Å². The van der Waals surface area contributed by atoms with Gasteiger partial charge in [-0.25, -0.2) is 18.0 Å². The van der Waals surface area contributed by atoms with Gasteiger partial charge in [-0.15, -0.1) is 5.10 Å². The summed E-state index contributed by atoms with van der Waals surface area (Å²) in [6.45, 7) is 1.51. The number of sulfone groups is 1. The van der Waals surface area contributed by atoms with E-state index in [9.17, 15) is 18.0 Å². The third-order valence-electron chi connectivity index (χ3n) is 4.25. The van der Waals surface area contributed by atoms with Crippen LogP contribution < -0.4 is 11.1 Å². The van der Waals surface area contributed by atoms with Crippen LogP contribution in [0.4, 0.5) is 16.3 Å². The maximum Gasteiger partial charge on any atom is 0.348 e. The molecular weight excluding hydrogens is 479 g/mol. The molecule has 0 saturated carbocycles. The summed E-state index contributed by atoms with van der Waals surface area (Å²) in [4.78, 5) is 25.3. The fraction of sp³-hybridized carbons (Fsp3) is 0.150. The van der Waals surface area contributed by atoms with Gasteiger partial charge in [0.25, 0.3) is 0 Å². The van der Waals surface area contributed by atoms with Crippen LogP contribution in [0, 0.1) is 0 Å². The molecule has 3 aromatic rings. The first-order valence-electron chi connectivity index (χ1n) is 9.23. The van der Waals surface area contributed by atoms with Crippen LogP contribution in [-0.2, 0) is 20.3 Å². The molecular formula is C20H18Cl2N4O5S. The number of carbonyl (C=O) groups is 2. The van der Waals surface area contributed by atoms with Crippen molar-refractivity contribution in [1.29, 1.82) is 0 Å². The number of hydrogen-bond donors (Lipinski definition) is 2. The van der Waals surface area contributed by atoms with Crippen molar-refractivity contribution < 1.29 is 22.7 Å². The maximum absolute atomic E-state index is 13.1. The number of amides is 1. The van der Waals surface area contributed by atoms with E-state index in [1.807, 2.05) is 0 Å². The molecule has 0 saturated heterocycles. The highest BCUT2D eigenvalue weighted by Crippen LogP contribution is 2.31. The minimum atomic E-state index is -4.18. The predicted octanol–water partition coefficient (Wildman–Crippen LogP) is 4.00. The van der Waals surface area contributed by atoms with Gasteiger partial charge in [0.15, 0.2) is 5.03 Å². The molecule has 1 amide bonds. The molecule has 0 radical (unpaired) electrons. The second kappa shape index (κ2) is 9.60. The van der Waals surface area contributed by atoms with Gasteiger partial charge < -0.3 is 15.8 Å². The Balaban J connectivity index is 2.07. The van der Waals surface area contributed by atoms with E-state index in [2.05, 4.69) is 10.4 Å². The third kappa shape index (κ3) is 4.87. The van der Waals surface area contributed by atoms with E-state index in [-0.39, 0.29) is 22.3 Å². The Hall–Kier alpha value is -3.08. The summed E-state index contributed by atoms with van der Waals surface area (Å²) >= 11 is 12.1. The van der Waals surface area contributed by atoms with E-state index in [1.54, 1.807) is 43.3 Å². The first-order valence-corrected chi connectivity index (χ1v) is 11.6. The molecule has 3 N–H and O–H groups in total. The number of ether oxygens (including phenoxy) is 1. The molecule has 168 valence electrons. The van der Waals surface area contributed by atoms with Crippen LogP contribution in [0.15, 0.2) is 53.6 Å². The van der Waals surface area contributed by atoms with Crippen molar-refractivity contribution in [3.63, 3.8) is 0 Å². The molecule has 0 unspecified atom stereocenters. The van der Waals surface area contributed by atoms with Crippen molar-refractivity contribution in [3.8, 4) is 0 Å². The lowest BCUT2D eigenvalue weighted by Gasteiger charge is -2.09. The van der Waals surface area contributed by atoms with Crippen LogP contribution in [0.2, 0.25) is 10.0 Å². The Kier molecular flexibility index (Phi) is 7.07. The number of carbonyl (C=O) groups excluding carboxylic acids is 2. The number of rotatable bonds is 6. The molecule has 2 aromatic carbocycles. The SMILES string of the molecule is CCOC(=O)c1c(S(=O)(=O)Cc2ccccc2)nn(C(=O)Nc2c(Cl)cccc2Cl)c1N. The Morgan fingerprint density at radius 3 is 2.31 bits per heavy atom. The number of nitrogens with zero attached hydrogens (tertiary/aromatic N) is 2. The van der Waals surface area contributed by atoms with Crippen LogP contribution in [0.5, 0.6) is 0 Å². The van der Waals surface area contributed by atoms with Crippen LogP contribution in [0.1, 0.15) is 22.8 Å². The number of aromatic nitrogens is 2. The Bertz CT molecular complexity index is 1260. The summed E-state index contributed by atoms with van der Waals surface area (Å²) in [6.07, 6.45) is 0. The van der Waals surface area contributed by atoms with Gasteiger partial charge in [0.05, 0.1) is 28.1 Å². The van der Waals surface area contributed by atoms with Crippen LogP contribution in [0.3, 0.4) is 0 Å². The highest BCUT2D eigenvalue weighted by atomic mass is 35.5. The summed E-state index contributed by atoms with van der Waals surface area (Å²) in [6, 6.07) is 11.9. The molecule has 12 heteroatoms. The first kappa shape index (κ1) is 23.6. The molecule has 0 aliphatic heterocycles. The molecule has 3 rings (SSSR count). The van der Waals surface area contributed by atoms with Crippen LogP contribution in [-0.4, -0.2) is 36.8 Å². The maximum atomic E-state index is 13.1. The standard InChI is InChI=1S/C20H18Cl2N4O5S/c1-2-31-19(27)15-17(23)26(20(28)24-16-13(21)9-6-10-14(16)22)25-18(15)32(29,30)11-12-7-4-3-5-8-12/h3-10H,2,11,23H2,1H3,(H,24,28). The third-order valence-corrected chi connectivity index (χ3v) is 6.47. The summed E-state index contributed by atoms with van der Waals surface area (Å²) in [5, 5.41) is 5.87. The molecule has 0 fully saturated rings. The monoisotopic (exact) mass is 496 g/mol. The van der Waals surface area contributed by atoms with Gasteiger partial charge in [0.2, 0.25) is 9.84 Å². The second-order valence-corrected chi connectivity index (χ2v) is 9.19. The fourth-order valence-corrected chi connectivity index (χ4v) is 4.78. The summed E-state index contributed by atoms with van der Waals surface area (Å²) < 4.78 is 31.6. The molecule has 0 atom stereocenters. The van der Waals surface area contributed by atoms with Gasteiger partial charge in [-0.05, 0) is 24.6 Å². The number of hydrogen-bond acceptors (Lipinski definition) is 7. The van der Waals surface area contributed by atoms with Crippen molar-refractivity contribution in [1.82, 2.24) is 9.78 Å². The number of nitrogen functional groups attached to an aromatic ring is 1. The van der Waals surface area contributed by atoms with Gasteiger partial charge in [-0.1, -0.05) is 59.6 Å². The van der Waals surface area contributed by atoms with Crippen LogP contribution in [0.25, 0.3) is 0 Å². The average molecular weight is 497 g/mol. The lowest BCUT2D eigenvalue weighted by Crippen LogP contribution is -2.23. The smallest absolute Gasteiger partial charge is 0.348 e. The van der Waals surface area contributed by atoms with Gasteiger partial charge in [-0.2, -0.15) is 4.68 Å². The Labute approximate surface area is 194 Å². The molecule has 32 heavy (non-hydrogen) atoms. The predicted molar refractivity (Wildman–Crippen MR) is 121 cm³/mol. The van der Waals surface area contributed by atoms with E-state index >= 15 is 0 Å². The molecule has 0 spiro atoms. The van der Waals surface area contributed by atoms with Crippen molar-refractivity contribution in [2.45, 2.75) is 17.7 Å². The minimum absolute atomic E-state index is 0.0386. The highest BCUT2D eigenvalue weighted by molar-refractivity contribution is 7.90. The highest BCUT2D eigenvalue weighted by Gasteiger charge is 2.34. The number of benzene rings is 2. The van der Waals surface area contributed by atoms with Crippen molar-refractivity contribution in [3.05, 3.63) is 69.7 Å². The average Bonchev–Trinajstić information content (AvgIpc) is 3.09. The number of anilines is 2. The number of nitrogens with two attached hydrogens (primary N) is 1. The largest absolute Gasteiger partial charge is 0.462 e. The van der Waals surface area contributed by atoms with E-state index in [0.717, 1.165) is 0 Å². The molecule has 0 aliphatic carbocycles. The molecule has 0 bridgehead atoms. The van der Waals surface area contributed by atoms with Gasteiger partial charge in [0.1, 0.15) is 11.4 Å². The second-order valence-electron chi connectivity index (χ2n) is 6.47. The molecule has 9 nitrogen and oxygen atoms in total. The molecule has 1 aromatic heterocycles. The molecule has 1 heterocycles. The normalized spacial score (nSPS) is 11.2. The Morgan fingerprint density at radius 2 is 1.72 bits per heavy atom. The summed E-state index contributed by atoms with van der Waals surface area (Å²) in [7, 11) is -4.18. The quantitative estimate of drug-likeness (QED) is 0.492. The number of esters is 1. The van der Waals surface area contributed by atoms with Crippen LogP contribution >= 0.6 is 23.2 Å². The van der Waals surface area contributed by atoms with E-state index in [0.29, 0.717) is 10.2 Å². The summed E-state index contributed by atoms with van der Waals surface area (Å²) in [5.41, 5.74) is 5.97. The van der Waals surface area contributed by atoms with Gasteiger partial charge in [0, 0.05) is 0 Å². The lowest BCUT2D eigenvalue weighted by molar-refractivity contribution is 0.0523. The first-order chi connectivity index (χ1) is 15.2. The number of halogens is 2. The van der Waals surface area contributed by atoms with Gasteiger partial charge in [-0.3, -0.25) is 0 Å². The lowest BCUT2D eigenvalue weighted by atomic mass is 10.2. The van der Waals surface area contributed by atoms with E-state index in [1.165, 1.54) is 12.1 Å². The Morgan fingerprint density at radius 1 is 1.09 bits per heavy atom.